The summed E-state index contributed by atoms with van der Waals surface area (Å²) in [6.07, 6.45) is 8.46. The maximum Gasteiger partial charge on any atom is 0.306 e. The first-order valence-corrected chi connectivity index (χ1v) is 11.3. The molecule has 5 N–H and O–H groups in total. The molecule has 4 aliphatic rings. The van der Waals surface area contributed by atoms with E-state index in [2.05, 4.69) is 20.5 Å². The number of fused-ring (bicyclic) bond motifs is 4. The number of carboxylic acids is 1. The van der Waals surface area contributed by atoms with Crippen molar-refractivity contribution in [1.82, 2.24) is 15.5 Å². The van der Waals surface area contributed by atoms with E-state index in [1.54, 1.807) is 18.2 Å². The van der Waals surface area contributed by atoms with Crippen molar-refractivity contribution in [3.8, 4) is 0 Å². The Labute approximate surface area is 193 Å². The van der Waals surface area contributed by atoms with Gasteiger partial charge in [0.15, 0.2) is 11.7 Å². The average molecular weight is 469 g/mol. The molecule has 3 aromatic rings. The van der Waals surface area contributed by atoms with Crippen LogP contribution in [0.4, 0.5) is 8.78 Å². The maximum atomic E-state index is 13.8. The number of nitrogens with two attached hydrogens (primary N) is 1. The number of amidine groups is 1. The van der Waals surface area contributed by atoms with Crippen LogP contribution in [0.15, 0.2) is 46.0 Å². The van der Waals surface area contributed by atoms with E-state index >= 15 is 0 Å². The molecule has 0 saturated heterocycles. The molecule has 3 heterocycles. The summed E-state index contributed by atoms with van der Waals surface area (Å²) in [4.78, 5) is 15.0. The zero-order valence-corrected chi connectivity index (χ0v) is 18.3. The van der Waals surface area contributed by atoms with Crippen molar-refractivity contribution in [2.24, 2.45) is 28.5 Å². The summed E-state index contributed by atoms with van der Waals surface area (Å²) in [5, 5.41) is 18.7. The number of aliphatic carboxylic acids is 1. The molecule has 2 atom stereocenters. The molecule has 8 nitrogen and oxygen atoms in total. The molecule has 0 amide bonds. The van der Waals surface area contributed by atoms with Gasteiger partial charge >= 0.3 is 5.97 Å². The first-order chi connectivity index (χ1) is 16.4. The highest BCUT2D eigenvalue weighted by Gasteiger charge is 2.39. The van der Waals surface area contributed by atoms with E-state index in [4.69, 9.17) is 15.3 Å². The Bertz CT molecular complexity index is 1260. The molecule has 2 unspecified atom stereocenters. The summed E-state index contributed by atoms with van der Waals surface area (Å²) in [5.41, 5.74) is 6.91. The normalized spacial score (nSPS) is 25.7. The Morgan fingerprint density at radius 2 is 2.00 bits per heavy atom. The number of nitrogens with zero attached hydrogens (tertiary/aromatic N) is 2. The second-order valence-electron chi connectivity index (χ2n) is 8.99. The van der Waals surface area contributed by atoms with Crippen molar-refractivity contribution in [3.63, 3.8) is 0 Å². The largest absolute Gasteiger partial charge is 0.481 e. The third-order valence-corrected chi connectivity index (χ3v) is 6.83. The molecule has 0 radical (unpaired) electrons. The molecule has 2 bridgehead atoms. The third kappa shape index (κ3) is 4.33. The van der Waals surface area contributed by atoms with Gasteiger partial charge in [-0.1, -0.05) is 12.8 Å². The van der Waals surface area contributed by atoms with Gasteiger partial charge in [0.05, 0.1) is 17.9 Å². The molecule has 1 aromatic carbocycles. The highest BCUT2D eigenvalue weighted by Crippen LogP contribution is 2.44. The number of H-pyrrole nitrogens is 1. The highest BCUT2D eigenvalue weighted by atomic mass is 19.1. The number of aliphatic imine (C=N–C) groups is 1. The van der Waals surface area contributed by atoms with E-state index in [9.17, 15) is 13.6 Å². The van der Waals surface area contributed by atoms with E-state index < -0.39 is 23.8 Å². The van der Waals surface area contributed by atoms with Gasteiger partial charge in [0.25, 0.3) is 0 Å². The number of aromatic nitrogens is 2. The number of nitrogens with one attached hydrogen (secondary N) is 2. The van der Waals surface area contributed by atoms with Crippen LogP contribution in [0.25, 0.3) is 16.6 Å². The summed E-state index contributed by atoms with van der Waals surface area (Å²) < 4.78 is 32.6. The summed E-state index contributed by atoms with van der Waals surface area (Å²) in [5.74, 6) is 0.165. The van der Waals surface area contributed by atoms with Gasteiger partial charge in [-0.15, -0.1) is 0 Å². The molecule has 2 aromatic heterocycles. The standard InChI is InChI=1S/C15H11F2N5O.C9H14O2/c16-7-4-8-13(9(17)5-7)21-22-14(8)15-19-10(6-12(18)20-15)11-2-1-3-23-11;10-9(11)8-5-6-1-3-7(8)4-2-6/h1-6,12H,18H2,(H,19,20)(H,21,22);6-8H,1-5H2,(H,10,11). The molecule has 3 fully saturated rings. The fourth-order valence-corrected chi connectivity index (χ4v) is 5.16. The van der Waals surface area contributed by atoms with Gasteiger partial charge in [0, 0.05) is 11.5 Å². The van der Waals surface area contributed by atoms with E-state index in [0.29, 0.717) is 28.9 Å². The van der Waals surface area contributed by atoms with Gasteiger partial charge in [-0.2, -0.15) is 5.10 Å². The van der Waals surface area contributed by atoms with Crippen LogP contribution in [0.1, 0.15) is 43.6 Å². The fraction of sp³-hybridized carbons (Fsp3) is 0.375. The number of aromatic amines is 1. The summed E-state index contributed by atoms with van der Waals surface area (Å²) in [7, 11) is 0. The lowest BCUT2D eigenvalue weighted by atomic mass is 9.65. The zero-order chi connectivity index (χ0) is 23.8. The number of benzene rings is 1. The highest BCUT2D eigenvalue weighted by molar-refractivity contribution is 6.11. The van der Waals surface area contributed by atoms with Gasteiger partial charge < -0.3 is 20.6 Å². The lowest BCUT2D eigenvalue weighted by Crippen LogP contribution is -2.35. The smallest absolute Gasteiger partial charge is 0.306 e. The van der Waals surface area contributed by atoms with Gasteiger partial charge in [-0.05, 0) is 55.4 Å². The molecule has 10 heteroatoms. The van der Waals surface area contributed by atoms with Gasteiger partial charge in [0.1, 0.15) is 29.0 Å². The summed E-state index contributed by atoms with van der Waals surface area (Å²) in [6, 6.07) is 5.48. The molecule has 3 aliphatic carbocycles. The molecule has 34 heavy (non-hydrogen) atoms. The van der Waals surface area contributed by atoms with E-state index in [0.717, 1.165) is 18.4 Å². The third-order valence-electron chi connectivity index (χ3n) is 6.83. The van der Waals surface area contributed by atoms with Gasteiger partial charge in [-0.3, -0.25) is 9.89 Å². The lowest BCUT2D eigenvalue weighted by Gasteiger charge is -2.40. The van der Waals surface area contributed by atoms with Crippen molar-refractivity contribution in [2.45, 2.75) is 38.3 Å². The van der Waals surface area contributed by atoms with Crippen LogP contribution in [0.3, 0.4) is 0 Å². The summed E-state index contributed by atoms with van der Waals surface area (Å²) in [6.45, 7) is 0. The average Bonchev–Trinajstić information content (AvgIpc) is 3.50. The number of carbonyl (C=O) groups is 1. The van der Waals surface area contributed by atoms with E-state index in [1.807, 2.05) is 0 Å². The fourth-order valence-electron chi connectivity index (χ4n) is 5.16. The predicted octanol–water partition coefficient (Wildman–Crippen LogP) is 4.01. The predicted molar refractivity (Wildman–Crippen MR) is 122 cm³/mol. The molecule has 7 rings (SSSR count). The van der Waals surface area contributed by atoms with Crippen LogP contribution < -0.4 is 11.1 Å². The van der Waals surface area contributed by atoms with Crippen LogP contribution in [0.5, 0.6) is 0 Å². The molecule has 178 valence electrons. The molecular formula is C24H25F2N5O3. The Morgan fingerprint density at radius 3 is 2.62 bits per heavy atom. The van der Waals surface area contributed by atoms with Crippen molar-refractivity contribution < 1.29 is 23.1 Å². The summed E-state index contributed by atoms with van der Waals surface area (Å²) >= 11 is 0. The SMILES string of the molecule is NC1C=C(c2ccco2)NC(c2[nH]nc3c(F)cc(F)cc23)=N1.O=C(O)C1CC2CCC1CC2. The molecule has 3 saturated carbocycles. The minimum atomic E-state index is -0.745. The van der Waals surface area contributed by atoms with Gasteiger partial charge in [0.2, 0.25) is 0 Å². The number of halogens is 2. The number of hydrogen-bond donors (Lipinski definition) is 4. The molecule has 1 aliphatic heterocycles. The van der Waals surface area contributed by atoms with E-state index in [1.165, 1.54) is 38.0 Å². The Hall–Kier alpha value is -3.53. The Balaban J connectivity index is 0.000000183. The second kappa shape index (κ2) is 9.02. The zero-order valence-electron chi connectivity index (χ0n) is 18.3. The minimum absolute atomic E-state index is 0.00231. The van der Waals surface area contributed by atoms with Crippen molar-refractivity contribution in [3.05, 3.63) is 59.7 Å². The molecular weight excluding hydrogens is 444 g/mol. The van der Waals surface area contributed by atoms with Crippen LogP contribution in [0.2, 0.25) is 0 Å². The lowest BCUT2D eigenvalue weighted by molar-refractivity contribution is -0.147. The number of hydrogen-bond acceptors (Lipinski definition) is 6. The number of furan rings is 1. The minimum Gasteiger partial charge on any atom is -0.481 e. The number of rotatable bonds is 3. The van der Waals surface area contributed by atoms with Crippen LogP contribution >= 0.6 is 0 Å². The topological polar surface area (TPSA) is 130 Å². The first kappa shape index (κ1) is 22.3. The Kier molecular flexibility index (Phi) is 5.91. The first-order valence-electron chi connectivity index (χ1n) is 11.3. The van der Waals surface area contributed by atoms with Crippen molar-refractivity contribution in [2.75, 3.05) is 0 Å². The quantitative estimate of drug-likeness (QED) is 0.459. The molecule has 0 spiro atoms. The van der Waals surface area contributed by atoms with Gasteiger partial charge in [-0.25, -0.2) is 13.8 Å². The second-order valence-corrected chi connectivity index (χ2v) is 8.99. The van der Waals surface area contributed by atoms with Crippen LogP contribution in [0, 0.1) is 29.4 Å². The Morgan fingerprint density at radius 1 is 1.21 bits per heavy atom. The van der Waals surface area contributed by atoms with Crippen molar-refractivity contribution in [1.29, 1.82) is 0 Å². The number of carboxylic acid groups (broad SMARTS) is 1. The van der Waals surface area contributed by atoms with Crippen LogP contribution in [-0.4, -0.2) is 33.3 Å². The van der Waals surface area contributed by atoms with E-state index in [-0.39, 0.29) is 16.8 Å². The maximum absolute atomic E-state index is 13.8. The van der Waals surface area contributed by atoms with Crippen molar-refractivity contribution >= 4 is 28.4 Å². The van der Waals surface area contributed by atoms with Crippen LogP contribution in [-0.2, 0) is 4.79 Å². The monoisotopic (exact) mass is 469 g/mol.